The van der Waals surface area contributed by atoms with E-state index in [1.165, 1.54) is 26.3 Å². The van der Waals surface area contributed by atoms with Gasteiger partial charge < -0.3 is 14.8 Å². The number of hydrogen-bond donors (Lipinski definition) is 1. The van der Waals surface area contributed by atoms with E-state index in [1.807, 2.05) is 0 Å². The molecule has 2 aromatic carbocycles. The third kappa shape index (κ3) is 5.97. The third-order valence-electron chi connectivity index (χ3n) is 5.55. The van der Waals surface area contributed by atoms with E-state index in [0.717, 1.165) is 42.5 Å². The fourth-order valence-corrected chi connectivity index (χ4v) is 5.15. The molecule has 178 valence electrons. The first-order valence-corrected chi connectivity index (χ1v) is 12.4. The van der Waals surface area contributed by atoms with Gasteiger partial charge in [-0.3, -0.25) is 9.10 Å². The minimum atomic E-state index is -4.04. The van der Waals surface area contributed by atoms with E-state index in [9.17, 15) is 18.0 Å². The molecule has 0 aliphatic heterocycles. The second-order valence-corrected chi connectivity index (χ2v) is 10.1. The van der Waals surface area contributed by atoms with Crippen molar-refractivity contribution in [3.8, 4) is 5.75 Å². The Bertz CT molecular complexity index is 1120. The average molecular weight is 495 g/mol. The molecule has 1 amide bonds. The van der Waals surface area contributed by atoms with Crippen molar-refractivity contribution in [2.24, 2.45) is 0 Å². The number of halogens is 1. The second-order valence-electron chi connectivity index (χ2n) is 7.76. The Hall–Kier alpha value is -2.78. The summed E-state index contributed by atoms with van der Waals surface area (Å²) >= 11 is 6.13. The van der Waals surface area contributed by atoms with E-state index >= 15 is 0 Å². The van der Waals surface area contributed by atoms with Gasteiger partial charge in [-0.15, -0.1) is 0 Å². The van der Waals surface area contributed by atoms with Crippen LogP contribution in [0.2, 0.25) is 5.02 Å². The van der Waals surface area contributed by atoms with Crippen LogP contribution < -0.4 is 14.4 Å². The maximum Gasteiger partial charge on any atom is 0.340 e. The number of carbonyl (C=O) groups excluding carboxylic acids is 2. The summed E-state index contributed by atoms with van der Waals surface area (Å²) in [6, 6.07) is 10.5. The van der Waals surface area contributed by atoms with Crippen molar-refractivity contribution < 1.29 is 27.5 Å². The molecule has 2 aromatic rings. The zero-order valence-electron chi connectivity index (χ0n) is 18.5. The van der Waals surface area contributed by atoms with Gasteiger partial charge in [0.25, 0.3) is 15.9 Å². The molecule has 0 radical (unpaired) electrons. The number of nitrogens with zero attached hydrogens (tertiary/aromatic N) is 1. The number of carbonyl (C=O) groups is 2. The van der Waals surface area contributed by atoms with Gasteiger partial charge in [-0.1, -0.05) is 43.0 Å². The van der Waals surface area contributed by atoms with Crippen LogP contribution in [-0.4, -0.2) is 47.1 Å². The monoisotopic (exact) mass is 494 g/mol. The first-order valence-electron chi connectivity index (χ1n) is 10.6. The first kappa shape index (κ1) is 24.9. The lowest BCUT2D eigenvalue weighted by atomic mass is 9.95. The minimum Gasteiger partial charge on any atom is -0.495 e. The van der Waals surface area contributed by atoms with Gasteiger partial charge in [0, 0.05) is 13.1 Å². The Labute approximate surface area is 198 Å². The van der Waals surface area contributed by atoms with Gasteiger partial charge in [-0.25, -0.2) is 13.2 Å². The SMILES string of the molecule is COc1ccccc1N(C)S(=O)(=O)c1ccc(Cl)c(C(=O)OCC(=O)NC2CCCCC2)c1. The molecule has 1 aliphatic rings. The fraction of sp³-hybridized carbons (Fsp3) is 0.391. The Balaban J connectivity index is 1.74. The molecule has 0 aromatic heterocycles. The number of sulfonamides is 1. The molecule has 0 saturated heterocycles. The predicted octanol–water partition coefficient (Wildman–Crippen LogP) is 3.78. The molecule has 0 bridgehead atoms. The van der Waals surface area contributed by atoms with E-state index in [0.29, 0.717) is 11.4 Å². The van der Waals surface area contributed by atoms with Gasteiger partial charge in [0.15, 0.2) is 6.61 Å². The molecule has 1 fully saturated rings. The summed E-state index contributed by atoms with van der Waals surface area (Å²) in [6.07, 6.45) is 5.09. The van der Waals surface area contributed by atoms with Crippen LogP contribution in [0.25, 0.3) is 0 Å². The molecule has 1 N–H and O–H groups in total. The van der Waals surface area contributed by atoms with Gasteiger partial charge in [0.1, 0.15) is 5.75 Å². The summed E-state index contributed by atoms with van der Waals surface area (Å²) in [5.74, 6) is -0.900. The van der Waals surface area contributed by atoms with Crippen LogP contribution in [0.1, 0.15) is 42.5 Å². The average Bonchev–Trinajstić information content (AvgIpc) is 2.82. The lowest BCUT2D eigenvalue weighted by Crippen LogP contribution is -2.38. The van der Waals surface area contributed by atoms with Crippen molar-refractivity contribution in [1.82, 2.24) is 5.32 Å². The fourth-order valence-electron chi connectivity index (χ4n) is 3.72. The Morgan fingerprint density at radius 1 is 1.12 bits per heavy atom. The summed E-state index contributed by atoms with van der Waals surface area (Å²) in [7, 11) is -1.21. The van der Waals surface area contributed by atoms with Gasteiger partial charge >= 0.3 is 5.97 Å². The summed E-state index contributed by atoms with van der Waals surface area (Å²) in [5, 5.41) is 2.88. The van der Waals surface area contributed by atoms with Crippen LogP contribution in [0, 0.1) is 0 Å². The minimum absolute atomic E-state index is 0.0200. The number of rotatable bonds is 8. The van der Waals surface area contributed by atoms with E-state index in [4.69, 9.17) is 21.1 Å². The molecule has 3 rings (SSSR count). The second kappa shape index (κ2) is 10.9. The molecule has 33 heavy (non-hydrogen) atoms. The lowest BCUT2D eigenvalue weighted by Gasteiger charge is -2.22. The van der Waals surface area contributed by atoms with Crippen molar-refractivity contribution in [1.29, 1.82) is 0 Å². The zero-order valence-corrected chi connectivity index (χ0v) is 20.1. The van der Waals surface area contributed by atoms with E-state index < -0.39 is 28.5 Å². The summed E-state index contributed by atoms with van der Waals surface area (Å²) in [4.78, 5) is 24.5. The number of ether oxygens (including phenoxy) is 2. The number of nitrogens with one attached hydrogen (secondary N) is 1. The summed E-state index contributed by atoms with van der Waals surface area (Å²) in [5.41, 5.74) is 0.190. The Morgan fingerprint density at radius 3 is 2.52 bits per heavy atom. The van der Waals surface area contributed by atoms with Gasteiger partial charge in [-0.05, 0) is 43.2 Å². The summed E-state index contributed by atoms with van der Waals surface area (Å²) < 4.78 is 37.8. The quantitative estimate of drug-likeness (QED) is 0.560. The molecule has 0 spiro atoms. The van der Waals surface area contributed by atoms with Crippen molar-refractivity contribution in [2.45, 2.75) is 43.0 Å². The smallest absolute Gasteiger partial charge is 0.340 e. The molecule has 1 saturated carbocycles. The van der Waals surface area contributed by atoms with Crippen LogP contribution in [0.15, 0.2) is 47.4 Å². The number of esters is 1. The molecule has 0 unspecified atom stereocenters. The van der Waals surface area contributed by atoms with Crippen molar-refractivity contribution in [3.63, 3.8) is 0 Å². The van der Waals surface area contributed by atoms with Gasteiger partial charge in [0.05, 0.1) is 28.3 Å². The normalized spacial score (nSPS) is 14.4. The van der Waals surface area contributed by atoms with Crippen LogP contribution >= 0.6 is 11.6 Å². The first-order chi connectivity index (χ1) is 15.7. The predicted molar refractivity (Wildman–Crippen MR) is 125 cm³/mol. The highest BCUT2D eigenvalue weighted by Crippen LogP contribution is 2.32. The molecule has 0 heterocycles. The molecular formula is C23H27ClN2O6S. The number of benzene rings is 2. The zero-order chi connectivity index (χ0) is 24.0. The highest BCUT2D eigenvalue weighted by Gasteiger charge is 2.26. The number of methoxy groups -OCH3 is 1. The summed E-state index contributed by atoms with van der Waals surface area (Å²) in [6.45, 7) is -0.468. The molecule has 0 atom stereocenters. The number of hydrogen-bond acceptors (Lipinski definition) is 6. The number of anilines is 1. The van der Waals surface area contributed by atoms with Gasteiger partial charge in [-0.2, -0.15) is 0 Å². The third-order valence-corrected chi connectivity index (χ3v) is 7.64. The maximum absolute atomic E-state index is 13.2. The highest BCUT2D eigenvalue weighted by atomic mass is 35.5. The van der Waals surface area contributed by atoms with Crippen molar-refractivity contribution >= 4 is 39.2 Å². The van der Waals surface area contributed by atoms with Crippen LogP contribution in [0.3, 0.4) is 0 Å². The number of amides is 1. The van der Waals surface area contributed by atoms with E-state index in [1.54, 1.807) is 24.3 Å². The highest BCUT2D eigenvalue weighted by molar-refractivity contribution is 7.92. The standard InChI is InChI=1S/C23H27ClN2O6S/c1-26(20-10-6-7-11-21(20)31-2)33(29,30)17-12-13-19(24)18(14-17)23(28)32-15-22(27)25-16-8-4-3-5-9-16/h6-7,10-14,16H,3-5,8-9,15H2,1-2H3,(H,25,27). The van der Waals surface area contributed by atoms with E-state index in [-0.39, 0.29) is 21.5 Å². The Morgan fingerprint density at radius 2 is 1.82 bits per heavy atom. The van der Waals surface area contributed by atoms with Crippen LogP contribution in [-0.2, 0) is 19.6 Å². The topological polar surface area (TPSA) is 102 Å². The van der Waals surface area contributed by atoms with Crippen LogP contribution in [0.5, 0.6) is 5.75 Å². The van der Waals surface area contributed by atoms with E-state index in [2.05, 4.69) is 5.32 Å². The van der Waals surface area contributed by atoms with Crippen molar-refractivity contribution in [3.05, 3.63) is 53.1 Å². The Kier molecular flexibility index (Phi) is 8.20. The molecule has 8 nitrogen and oxygen atoms in total. The van der Waals surface area contributed by atoms with Crippen molar-refractivity contribution in [2.75, 3.05) is 25.1 Å². The van der Waals surface area contributed by atoms with Gasteiger partial charge in [0.2, 0.25) is 0 Å². The lowest BCUT2D eigenvalue weighted by molar-refractivity contribution is -0.125. The maximum atomic E-state index is 13.2. The van der Waals surface area contributed by atoms with Crippen LogP contribution in [0.4, 0.5) is 5.69 Å². The molecule has 1 aliphatic carbocycles. The molecular weight excluding hydrogens is 468 g/mol. The largest absolute Gasteiger partial charge is 0.495 e. The molecule has 10 heteroatoms. The number of para-hydroxylation sites is 2.